The summed E-state index contributed by atoms with van der Waals surface area (Å²) in [5, 5.41) is 0. The molecule has 2 rings (SSSR count). The Bertz CT molecular complexity index is 420. The number of benzene rings is 1. The summed E-state index contributed by atoms with van der Waals surface area (Å²) >= 11 is 0. The molecule has 0 aromatic heterocycles. The highest BCUT2D eigenvalue weighted by atomic mass is 15.2. The summed E-state index contributed by atoms with van der Waals surface area (Å²) in [5.74, 6) is 0. The maximum absolute atomic E-state index is 2.64. The first-order valence-electron chi connectivity index (χ1n) is 7.92. The fourth-order valence-corrected chi connectivity index (χ4v) is 3.32. The van der Waals surface area contributed by atoms with Crippen LogP contribution in [0, 0.1) is 6.92 Å². The van der Waals surface area contributed by atoms with Crippen molar-refractivity contribution in [1.29, 1.82) is 0 Å². The van der Waals surface area contributed by atoms with Crippen LogP contribution in [0.2, 0.25) is 0 Å². The summed E-state index contributed by atoms with van der Waals surface area (Å²) in [6.45, 7) is 10.5. The molecule has 1 heteroatoms. The fourth-order valence-electron chi connectivity index (χ4n) is 3.32. The van der Waals surface area contributed by atoms with E-state index < -0.39 is 0 Å². The van der Waals surface area contributed by atoms with Crippen molar-refractivity contribution in [2.45, 2.75) is 71.8 Å². The lowest BCUT2D eigenvalue weighted by atomic mass is 9.97. The van der Waals surface area contributed by atoms with E-state index in [0.29, 0.717) is 5.54 Å². The van der Waals surface area contributed by atoms with Crippen LogP contribution < -0.4 is 4.90 Å². The van der Waals surface area contributed by atoms with Crippen LogP contribution in [0.1, 0.15) is 64.0 Å². The van der Waals surface area contributed by atoms with E-state index in [9.17, 15) is 0 Å². The van der Waals surface area contributed by atoms with E-state index in [0.717, 1.165) is 0 Å². The zero-order valence-corrected chi connectivity index (χ0v) is 13.1. The number of fused-ring (bicyclic) bond motifs is 1. The van der Waals surface area contributed by atoms with Gasteiger partial charge in [0.1, 0.15) is 0 Å². The third kappa shape index (κ3) is 3.13. The molecule has 1 heterocycles. The van der Waals surface area contributed by atoms with Gasteiger partial charge in [-0.05, 0) is 50.8 Å². The van der Waals surface area contributed by atoms with Gasteiger partial charge in [-0.1, -0.05) is 44.7 Å². The lowest BCUT2D eigenvalue weighted by Gasteiger charge is -2.34. The molecular weight excluding hydrogens is 230 g/mol. The number of hydrogen-bond donors (Lipinski definition) is 0. The van der Waals surface area contributed by atoms with Crippen molar-refractivity contribution in [3.63, 3.8) is 0 Å². The summed E-state index contributed by atoms with van der Waals surface area (Å²) < 4.78 is 0. The molecular formula is C18H29N. The van der Waals surface area contributed by atoms with E-state index in [2.05, 4.69) is 50.8 Å². The first kappa shape index (κ1) is 14.4. The van der Waals surface area contributed by atoms with Crippen molar-refractivity contribution in [2.75, 3.05) is 11.4 Å². The Morgan fingerprint density at radius 1 is 1.11 bits per heavy atom. The molecule has 0 atom stereocenters. The first-order valence-corrected chi connectivity index (χ1v) is 7.92. The molecule has 1 aromatic rings. The van der Waals surface area contributed by atoms with Gasteiger partial charge >= 0.3 is 0 Å². The molecule has 0 saturated heterocycles. The normalized spacial score (nSPS) is 16.7. The Balaban J connectivity index is 2.01. The van der Waals surface area contributed by atoms with E-state index in [1.54, 1.807) is 5.56 Å². The molecule has 0 amide bonds. The average molecular weight is 259 g/mol. The number of unbranched alkanes of at least 4 members (excludes halogenated alkanes) is 4. The van der Waals surface area contributed by atoms with Gasteiger partial charge in [-0.15, -0.1) is 0 Å². The average Bonchev–Trinajstić information content (AvgIpc) is 2.62. The second kappa shape index (κ2) is 5.98. The molecule has 1 aromatic carbocycles. The van der Waals surface area contributed by atoms with Crippen LogP contribution in [0.15, 0.2) is 18.2 Å². The first-order chi connectivity index (χ1) is 9.06. The second-order valence-corrected chi connectivity index (χ2v) is 6.63. The predicted octanol–water partition coefficient (Wildman–Crippen LogP) is 5.11. The van der Waals surface area contributed by atoms with E-state index in [4.69, 9.17) is 0 Å². The van der Waals surface area contributed by atoms with Gasteiger partial charge in [-0.3, -0.25) is 0 Å². The zero-order chi connectivity index (χ0) is 13.9. The van der Waals surface area contributed by atoms with Gasteiger partial charge in [-0.25, -0.2) is 0 Å². The Hall–Kier alpha value is -0.980. The van der Waals surface area contributed by atoms with E-state index >= 15 is 0 Å². The molecule has 0 bridgehead atoms. The molecule has 0 fully saturated rings. The number of hydrogen-bond acceptors (Lipinski definition) is 1. The van der Waals surface area contributed by atoms with Crippen LogP contribution in [-0.4, -0.2) is 12.1 Å². The van der Waals surface area contributed by atoms with Crippen molar-refractivity contribution in [1.82, 2.24) is 0 Å². The Labute approximate surface area is 119 Å². The van der Waals surface area contributed by atoms with Crippen LogP contribution >= 0.6 is 0 Å². The summed E-state index contributed by atoms with van der Waals surface area (Å²) in [6, 6.07) is 6.77. The molecule has 1 nitrogen and oxygen atoms in total. The van der Waals surface area contributed by atoms with Gasteiger partial charge in [0.2, 0.25) is 0 Å². The molecule has 19 heavy (non-hydrogen) atoms. The highest BCUT2D eigenvalue weighted by molar-refractivity contribution is 5.63. The van der Waals surface area contributed by atoms with Crippen LogP contribution in [0.4, 0.5) is 5.69 Å². The molecule has 1 aliphatic heterocycles. The van der Waals surface area contributed by atoms with Crippen LogP contribution in [0.3, 0.4) is 0 Å². The van der Waals surface area contributed by atoms with E-state index in [1.165, 1.54) is 56.3 Å². The number of rotatable bonds is 6. The summed E-state index contributed by atoms with van der Waals surface area (Å²) in [4.78, 5) is 2.64. The standard InChI is InChI=1S/C18H29N/c1-5-6-7-8-9-13-19-17-12-10-11-15(2)16(17)14-18(19,3)4/h10-12H,5-9,13-14H2,1-4H3. The van der Waals surface area contributed by atoms with Crippen LogP contribution in [0.25, 0.3) is 0 Å². The monoisotopic (exact) mass is 259 g/mol. The molecule has 0 N–H and O–H groups in total. The van der Waals surface area contributed by atoms with Gasteiger partial charge in [0.25, 0.3) is 0 Å². The summed E-state index contributed by atoms with van der Waals surface area (Å²) in [7, 11) is 0. The predicted molar refractivity (Wildman–Crippen MR) is 85.1 cm³/mol. The third-order valence-electron chi connectivity index (χ3n) is 4.50. The molecule has 0 saturated carbocycles. The van der Waals surface area contributed by atoms with Gasteiger partial charge in [0.15, 0.2) is 0 Å². The van der Waals surface area contributed by atoms with Gasteiger partial charge < -0.3 is 4.90 Å². The molecule has 1 aliphatic rings. The molecule has 0 radical (unpaired) electrons. The highest BCUT2D eigenvalue weighted by Crippen LogP contribution is 2.40. The minimum Gasteiger partial charge on any atom is -0.366 e. The van der Waals surface area contributed by atoms with Crippen molar-refractivity contribution < 1.29 is 0 Å². The Morgan fingerprint density at radius 2 is 1.84 bits per heavy atom. The third-order valence-corrected chi connectivity index (χ3v) is 4.50. The summed E-state index contributed by atoms with van der Waals surface area (Å²) in [6.07, 6.45) is 8.02. The Kier molecular flexibility index (Phi) is 4.54. The molecule has 0 aliphatic carbocycles. The molecule has 0 spiro atoms. The number of nitrogens with zero attached hydrogens (tertiary/aromatic N) is 1. The SMILES string of the molecule is CCCCCCCN1c2cccc(C)c2CC1(C)C. The smallest absolute Gasteiger partial charge is 0.0406 e. The maximum Gasteiger partial charge on any atom is 0.0406 e. The lowest BCUT2D eigenvalue weighted by Crippen LogP contribution is -2.41. The largest absolute Gasteiger partial charge is 0.366 e. The van der Waals surface area contributed by atoms with E-state index in [-0.39, 0.29) is 0 Å². The topological polar surface area (TPSA) is 3.24 Å². The quantitative estimate of drug-likeness (QED) is 0.642. The van der Waals surface area contributed by atoms with Crippen molar-refractivity contribution >= 4 is 5.69 Å². The van der Waals surface area contributed by atoms with Crippen LogP contribution in [0.5, 0.6) is 0 Å². The molecule has 106 valence electrons. The number of anilines is 1. The minimum atomic E-state index is 0.291. The zero-order valence-electron chi connectivity index (χ0n) is 13.1. The highest BCUT2D eigenvalue weighted by Gasteiger charge is 2.35. The second-order valence-electron chi connectivity index (χ2n) is 6.63. The van der Waals surface area contributed by atoms with Crippen molar-refractivity contribution in [3.05, 3.63) is 29.3 Å². The van der Waals surface area contributed by atoms with Gasteiger partial charge in [0.05, 0.1) is 0 Å². The lowest BCUT2D eigenvalue weighted by molar-refractivity contribution is 0.473. The van der Waals surface area contributed by atoms with Crippen molar-refractivity contribution in [2.24, 2.45) is 0 Å². The maximum atomic E-state index is 2.64. The van der Waals surface area contributed by atoms with Gasteiger partial charge in [0, 0.05) is 17.8 Å². The minimum absolute atomic E-state index is 0.291. The Morgan fingerprint density at radius 3 is 2.58 bits per heavy atom. The van der Waals surface area contributed by atoms with Crippen LogP contribution in [-0.2, 0) is 6.42 Å². The summed E-state index contributed by atoms with van der Waals surface area (Å²) in [5.41, 5.74) is 4.81. The fraction of sp³-hybridized carbons (Fsp3) is 0.667. The molecule has 0 unspecified atom stereocenters. The van der Waals surface area contributed by atoms with Crippen molar-refractivity contribution in [3.8, 4) is 0 Å². The number of aryl methyl sites for hydroxylation is 1. The van der Waals surface area contributed by atoms with Gasteiger partial charge in [-0.2, -0.15) is 0 Å². The van der Waals surface area contributed by atoms with E-state index in [1.807, 2.05) is 0 Å².